The maximum Gasteiger partial charge on any atom is 0.258 e. The number of pyridine rings is 1. The highest BCUT2D eigenvalue weighted by molar-refractivity contribution is 8.00. The summed E-state index contributed by atoms with van der Waals surface area (Å²) in [6, 6.07) is 7.15. The number of carbonyl (C=O) groups excluding carboxylic acids is 1. The molecule has 0 aliphatic heterocycles. The fourth-order valence-corrected chi connectivity index (χ4v) is 5.52. The number of carbonyl (C=O) groups is 1. The molecule has 0 bridgehead atoms. The van der Waals surface area contributed by atoms with Gasteiger partial charge >= 0.3 is 0 Å². The van der Waals surface area contributed by atoms with Gasteiger partial charge in [0.25, 0.3) is 5.91 Å². The topological polar surface area (TPSA) is 85.6 Å². The molecule has 4 aromatic rings. The number of aromatic nitrogens is 5. The summed E-state index contributed by atoms with van der Waals surface area (Å²) < 4.78 is 2.38. The van der Waals surface area contributed by atoms with E-state index in [2.05, 4.69) is 25.6 Å². The molecule has 0 aliphatic carbocycles. The normalized spacial score (nSPS) is 11.2. The number of nitrogens with zero attached hydrogens (tertiary/aromatic N) is 5. The van der Waals surface area contributed by atoms with E-state index in [0.717, 1.165) is 22.3 Å². The molecule has 7 nitrogen and oxygen atoms in total. The van der Waals surface area contributed by atoms with Crippen molar-refractivity contribution < 1.29 is 4.79 Å². The van der Waals surface area contributed by atoms with Gasteiger partial charge in [-0.05, 0) is 37.6 Å². The average Bonchev–Trinajstić information content (AvgIpc) is 3.24. The van der Waals surface area contributed by atoms with Gasteiger partial charge in [0.1, 0.15) is 0 Å². The SMILES string of the molecule is Cc1cc(C(=O)Nc2nnc(SCc3c(Cl)cccc3Cl)s2)c2c(C)nn(C)c2n1. The molecule has 3 aromatic heterocycles. The van der Waals surface area contributed by atoms with Crippen molar-refractivity contribution in [2.24, 2.45) is 7.05 Å². The Bertz CT molecular complexity index is 1250. The number of amides is 1. The number of fused-ring (bicyclic) bond motifs is 1. The summed E-state index contributed by atoms with van der Waals surface area (Å²) >= 11 is 15.2. The molecule has 0 radical (unpaired) electrons. The number of benzene rings is 1. The van der Waals surface area contributed by atoms with E-state index in [4.69, 9.17) is 23.2 Å². The van der Waals surface area contributed by atoms with Crippen molar-refractivity contribution in [1.82, 2.24) is 25.0 Å². The predicted molar refractivity (Wildman–Crippen MR) is 122 cm³/mol. The molecular formula is C19H16Cl2N6OS2. The first-order valence-corrected chi connectivity index (χ1v) is 11.4. The van der Waals surface area contributed by atoms with Crippen molar-refractivity contribution in [3.8, 4) is 0 Å². The van der Waals surface area contributed by atoms with Crippen molar-refractivity contribution in [2.45, 2.75) is 23.9 Å². The third-order valence-corrected chi connectivity index (χ3v) is 7.08. The van der Waals surface area contributed by atoms with Crippen molar-refractivity contribution in [1.29, 1.82) is 0 Å². The minimum Gasteiger partial charge on any atom is -0.296 e. The summed E-state index contributed by atoms with van der Waals surface area (Å²) in [5.74, 6) is 0.281. The van der Waals surface area contributed by atoms with Crippen LogP contribution in [0.3, 0.4) is 0 Å². The van der Waals surface area contributed by atoms with Gasteiger partial charge in [0.15, 0.2) is 9.99 Å². The highest BCUT2D eigenvalue weighted by Crippen LogP contribution is 2.34. The lowest BCUT2D eigenvalue weighted by Crippen LogP contribution is -2.13. The van der Waals surface area contributed by atoms with Gasteiger partial charge < -0.3 is 0 Å². The minimum absolute atomic E-state index is 0.275. The van der Waals surface area contributed by atoms with E-state index in [-0.39, 0.29) is 5.91 Å². The monoisotopic (exact) mass is 478 g/mol. The standard InChI is InChI=1S/C19H16Cl2N6OS2/c1-9-7-11(15-10(2)26-27(3)16(15)22-9)17(28)23-18-24-25-19(30-18)29-8-12-13(20)5-4-6-14(12)21/h4-7H,8H2,1-3H3,(H,23,24,28). The molecule has 4 rings (SSSR count). The number of nitrogens with one attached hydrogen (secondary N) is 1. The third-order valence-electron chi connectivity index (χ3n) is 4.37. The van der Waals surface area contributed by atoms with Crippen LogP contribution in [-0.2, 0) is 12.8 Å². The van der Waals surface area contributed by atoms with Crippen LogP contribution in [0, 0.1) is 13.8 Å². The summed E-state index contributed by atoms with van der Waals surface area (Å²) in [4.78, 5) is 17.4. The van der Waals surface area contributed by atoms with Gasteiger partial charge in [0, 0.05) is 28.5 Å². The number of anilines is 1. The molecule has 0 fully saturated rings. The Morgan fingerprint density at radius 2 is 1.97 bits per heavy atom. The number of halogens is 2. The van der Waals surface area contributed by atoms with E-state index < -0.39 is 0 Å². The van der Waals surface area contributed by atoms with E-state index in [0.29, 0.717) is 36.5 Å². The van der Waals surface area contributed by atoms with Gasteiger partial charge in [0.2, 0.25) is 5.13 Å². The van der Waals surface area contributed by atoms with Gasteiger partial charge in [-0.15, -0.1) is 10.2 Å². The Labute approximate surface area is 190 Å². The maximum atomic E-state index is 12.9. The Balaban J connectivity index is 1.52. The zero-order valence-corrected chi connectivity index (χ0v) is 19.4. The van der Waals surface area contributed by atoms with Crippen LogP contribution < -0.4 is 5.32 Å². The molecule has 1 N–H and O–H groups in total. The van der Waals surface area contributed by atoms with E-state index in [1.165, 1.54) is 23.1 Å². The summed E-state index contributed by atoms with van der Waals surface area (Å²) in [5, 5.41) is 17.8. The van der Waals surface area contributed by atoms with Crippen LogP contribution in [0.4, 0.5) is 5.13 Å². The first-order valence-electron chi connectivity index (χ1n) is 8.85. The number of thioether (sulfide) groups is 1. The van der Waals surface area contributed by atoms with E-state index in [1.54, 1.807) is 28.9 Å². The smallest absolute Gasteiger partial charge is 0.258 e. The number of aryl methyl sites for hydroxylation is 3. The average molecular weight is 479 g/mol. The van der Waals surface area contributed by atoms with Gasteiger partial charge in [-0.3, -0.25) is 14.8 Å². The van der Waals surface area contributed by atoms with Gasteiger partial charge in [-0.25, -0.2) is 4.98 Å². The lowest BCUT2D eigenvalue weighted by atomic mass is 10.1. The number of rotatable bonds is 5. The van der Waals surface area contributed by atoms with Crippen LogP contribution in [0.25, 0.3) is 11.0 Å². The Kier molecular flexibility index (Phi) is 5.97. The molecule has 0 unspecified atom stereocenters. The highest BCUT2D eigenvalue weighted by atomic mass is 35.5. The summed E-state index contributed by atoms with van der Waals surface area (Å²) in [5.41, 5.74) is 3.50. The van der Waals surface area contributed by atoms with Crippen LogP contribution in [-0.4, -0.2) is 30.9 Å². The molecule has 1 aromatic carbocycles. The van der Waals surface area contributed by atoms with E-state index in [9.17, 15) is 4.79 Å². The van der Waals surface area contributed by atoms with Gasteiger partial charge in [-0.1, -0.05) is 52.4 Å². The van der Waals surface area contributed by atoms with Crippen LogP contribution in [0.1, 0.15) is 27.3 Å². The Morgan fingerprint density at radius 3 is 2.70 bits per heavy atom. The van der Waals surface area contributed by atoms with Crippen LogP contribution >= 0.6 is 46.3 Å². The zero-order chi connectivity index (χ0) is 21.4. The van der Waals surface area contributed by atoms with Crippen LogP contribution in [0.15, 0.2) is 28.6 Å². The molecule has 11 heteroatoms. The fourth-order valence-electron chi connectivity index (χ4n) is 3.04. The van der Waals surface area contributed by atoms with Gasteiger partial charge in [0.05, 0.1) is 16.6 Å². The third kappa shape index (κ3) is 4.15. The Hall–Kier alpha value is -2.20. The van der Waals surface area contributed by atoms with Crippen molar-refractivity contribution >= 4 is 68.4 Å². The lowest BCUT2D eigenvalue weighted by molar-refractivity contribution is 0.102. The molecule has 0 atom stereocenters. The van der Waals surface area contributed by atoms with Crippen molar-refractivity contribution in [2.75, 3.05) is 5.32 Å². The van der Waals surface area contributed by atoms with Crippen molar-refractivity contribution in [3.63, 3.8) is 0 Å². The first-order chi connectivity index (χ1) is 14.3. The minimum atomic E-state index is -0.275. The van der Waals surface area contributed by atoms with E-state index >= 15 is 0 Å². The van der Waals surface area contributed by atoms with Gasteiger partial charge in [-0.2, -0.15) is 5.10 Å². The quantitative estimate of drug-likeness (QED) is 0.309. The van der Waals surface area contributed by atoms with Crippen LogP contribution in [0.2, 0.25) is 10.0 Å². The second-order valence-electron chi connectivity index (χ2n) is 6.53. The molecule has 1 amide bonds. The summed E-state index contributed by atoms with van der Waals surface area (Å²) in [6.07, 6.45) is 0. The molecule has 154 valence electrons. The first kappa shape index (κ1) is 21.0. The van der Waals surface area contributed by atoms with Crippen LogP contribution in [0.5, 0.6) is 0 Å². The van der Waals surface area contributed by atoms with Crippen molar-refractivity contribution in [3.05, 3.63) is 56.8 Å². The maximum absolute atomic E-state index is 12.9. The number of hydrogen-bond acceptors (Lipinski definition) is 7. The molecule has 3 heterocycles. The molecule has 0 saturated heterocycles. The molecule has 0 spiro atoms. The molecular weight excluding hydrogens is 463 g/mol. The zero-order valence-electron chi connectivity index (χ0n) is 16.2. The summed E-state index contributed by atoms with van der Waals surface area (Å²) in [7, 11) is 1.81. The second-order valence-corrected chi connectivity index (χ2v) is 9.55. The lowest BCUT2D eigenvalue weighted by Gasteiger charge is -2.05. The van der Waals surface area contributed by atoms with E-state index in [1.807, 2.05) is 20.9 Å². The molecule has 0 aliphatic rings. The Morgan fingerprint density at radius 1 is 1.23 bits per heavy atom. The molecule has 30 heavy (non-hydrogen) atoms. The number of hydrogen-bond donors (Lipinski definition) is 1. The predicted octanol–water partition coefficient (Wildman–Crippen LogP) is 5.29. The largest absolute Gasteiger partial charge is 0.296 e. The molecule has 0 saturated carbocycles. The fraction of sp³-hybridized carbons (Fsp3) is 0.211. The summed E-state index contributed by atoms with van der Waals surface area (Å²) in [6.45, 7) is 3.70. The second kappa shape index (κ2) is 8.50. The highest BCUT2D eigenvalue weighted by Gasteiger charge is 2.19.